The van der Waals surface area contributed by atoms with Gasteiger partial charge < -0.3 is 0 Å². The van der Waals surface area contributed by atoms with Crippen molar-refractivity contribution in [2.75, 3.05) is 0 Å². The van der Waals surface area contributed by atoms with E-state index in [1.807, 2.05) is 12.1 Å². The van der Waals surface area contributed by atoms with Crippen molar-refractivity contribution >= 4 is 28.3 Å². The fourth-order valence-electron chi connectivity index (χ4n) is 4.55. The number of fused-ring (bicyclic) bond motifs is 5. The fourth-order valence-corrected chi connectivity index (χ4v) is 5.45. The molecule has 0 saturated heterocycles. The van der Waals surface area contributed by atoms with Crippen LogP contribution in [-0.2, 0) is 6.42 Å². The summed E-state index contributed by atoms with van der Waals surface area (Å²) >= 11 is 2.54. The Balaban J connectivity index is 1.75. The lowest BCUT2D eigenvalue weighted by molar-refractivity contribution is 0.230. The maximum Gasteiger partial charge on any atom is 0.108 e. The molecule has 0 aromatic heterocycles. The standard InChI is InChI=1S/C18H18INO/c1-18-9-8-14-13-5-3-12(20-21)10-11(13)2-4-15(14)16(18)6-7-17(18)19/h3-5,7,10,14,16H,2,6,8-9H2,1H3. The van der Waals surface area contributed by atoms with E-state index in [1.54, 1.807) is 9.15 Å². The second-order valence-corrected chi connectivity index (χ2v) is 7.89. The molecular formula is C18H18INO. The summed E-state index contributed by atoms with van der Waals surface area (Å²) in [6.45, 7) is 2.44. The normalized spacial score (nSPS) is 33.4. The Morgan fingerprint density at radius 3 is 3.00 bits per heavy atom. The van der Waals surface area contributed by atoms with Crippen molar-refractivity contribution in [3.05, 3.63) is 55.5 Å². The van der Waals surface area contributed by atoms with Crippen molar-refractivity contribution in [2.45, 2.75) is 38.5 Å². The van der Waals surface area contributed by atoms with Crippen molar-refractivity contribution in [1.29, 1.82) is 0 Å². The second kappa shape index (κ2) is 4.77. The predicted molar refractivity (Wildman–Crippen MR) is 94.0 cm³/mol. The van der Waals surface area contributed by atoms with Crippen LogP contribution in [0, 0.1) is 16.2 Å². The molecule has 0 bridgehead atoms. The monoisotopic (exact) mass is 391 g/mol. The zero-order valence-corrected chi connectivity index (χ0v) is 14.3. The highest BCUT2D eigenvalue weighted by molar-refractivity contribution is 14.1. The van der Waals surface area contributed by atoms with Crippen LogP contribution in [0.25, 0.3) is 0 Å². The van der Waals surface area contributed by atoms with E-state index in [2.05, 4.69) is 52.9 Å². The molecule has 0 radical (unpaired) electrons. The highest BCUT2D eigenvalue weighted by Gasteiger charge is 2.48. The molecule has 3 heteroatoms. The number of nitrogens with zero attached hydrogens (tertiary/aromatic N) is 1. The molecule has 1 fully saturated rings. The van der Waals surface area contributed by atoms with Crippen LogP contribution in [-0.4, -0.2) is 0 Å². The second-order valence-electron chi connectivity index (χ2n) is 6.73. The van der Waals surface area contributed by atoms with Crippen LogP contribution in [0.2, 0.25) is 0 Å². The maximum absolute atomic E-state index is 10.7. The minimum absolute atomic E-state index is 0.366. The lowest BCUT2D eigenvalue weighted by Crippen LogP contribution is -2.34. The third kappa shape index (κ3) is 1.89. The Kier molecular flexibility index (Phi) is 3.10. The molecule has 1 saturated carbocycles. The van der Waals surface area contributed by atoms with Gasteiger partial charge in [-0.25, -0.2) is 0 Å². The fraction of sp³-hybridized carbons (Fsp3) is 0.444. The Bertz CT molecular complexity index is 690. The molecule has 3 atom stereocenters. The molecule has 0 heterocycles. The molecule has 0 amide bonds. The molecule has 4 rings (SSSR count). The summed E-state index contributed by atoms with van der Waals surface area (Å²) < 4.78 is 1.55. The van der Waals surface area contributed by atoms with Gasteiger partial charge in [0.25, 0.3) is 0 Å². The van der Waals surface area contributed by atoms with E-state index >= 15 is 0 Å². The van der Waals surface area contributed by atoms with Gasteiger partial charge in [-0.05, 0) is 86.2 Å². The first-order valence-electron chi connectivity index (χ1n) is 7.66. The van der Waals surface area contributed by atoms with Crippen LogP contribution in [0.3, 0.4) is 0 Å². The molecule has 0 aliphatic heterocycles. The quantitative estimate of drug-likeness (QED) is 0.339. The molecule has 3 aliphatic carbocycles. The van der Waals surface area contributed by atoms with Gasteiger partial charge in [-0.2, -0.15) is 0 Å². The van der Waals surface area contributed by atoms with E-state index in [0.29, 0.717) is 22.9 Å². The molecular weight excluding hydrogens is 373 g/mol. The zero-order chi connectivity index (χ0) is 14.6. The molecule has 2 nitrogen and oxygen atoms in total. The van der Waals surface area contributed by atoms with Crippen molar-refractivity contribution in [3.8, 4) is 0 Å². The summed E-state index contributed by atoms with van der Waals surface area (Å²) in [4.78, 5) is 10.7. The summed E-state index contributed by atoms with van der Waals surface area (Å²) in [6, 6.07) is 5.99. The Morgan fingerprint density at radius 2 is 2.19 bits per heavy atom. The lowest BCUT2D eigenvalue weighted by atomic mass is 9.60. The van der Waals surface area contributed by atoms with E-state index in [1.165, 1.54) is 30.4 Å². The molecule has 3 unspecified atom stereocenters. The van der Waals surface area contributed by atoms with Crippen molar-refractivity contribution in [2.24, 2.45) is 16.5 Å². The van der Waals surface area contributed by atoms with E-state index in [4.69, 9.17) is 0 Å². The Morgan fingerprint density at radius 1 is 1.33 bits per heavy atom. The number of rotatable bonds is 1. The van der Waals surface area contributed by atoms with Crippen LogP contribution in [0.1, 0.15) is 43.2 Å². The predicted octanol–water partition coefficient (Wildman–Crippen LogP) is 5.79. The molecule has 0 spiro atoms. The van der Waals surface area contributed by atoms with Gasteiger partial charge in [0.05, 0.1) is 0 Å². The molecule has 3 aliphatic rings. The summed E-state index contributed by atoms with van der Waals surface area (Å²) in [5.41, 5.74) is 5.30. The van der Waals surface area contributed by atoms with Crippen LogP contribution in [0.4, 0.5) is 5.69 Å². The topological polar surface area (TPSA) is 29.4 Å². The summed E-state index contributed by atoms with van der Waals surface area (Å²) in [5.74, 6) is 1.24. The Hall–Kier alpha value is -0.970. The lowest BCUT2D eigenvalue weighted by Gasteiger charge is -2.45. The van der Waals surface area contributed by atoms with Gasteiger partial charge in [-0.1, -0.05) is 30.7 Å². The van der Waals surface area contributed by atoms with E-state index < -0.39 is 0 Å². The smallest absolute Gasteiger partial charge is 0.108 e. The highest BCUT2D eigenvalue weighted by Crippen LogP contribution is 2.60. The van der Waals surface area contributed by atoms with Gasteiger partial charge in [-0.3, -0.25) is 0 Å². The van der Waals surface area contributed by atoms with Gasteiger partial charge in [0.1, 0.15) is 5.69 Å². The number of allylic oxidation sites excluding steroid dienone is 4. The van der Waals surface area contributed by atoms with Crippen molar-refractivity contribution in [1.82, 2.24) is 0 Å². The first-order valence-corrected chi connectivity index (χ1v) is 8.73. The van der Waals surface area contributed by atoms with Crippen molar-refractivity contribution in [3.63, 3.8) is 0 Å². The third-order valence-electron chi connectivity index (χ3n) is 5.77. The van der Waals surface area contributed by atoms with E-state index in [-0.39, 0.29) is 0 Å². The number of hydrogen-bond acceptors (Lipinski definition) is 2. The van der Waals surface area contributed by atoms with E-state index in [0.717, 1.165) is 6.42 Å². The van der Waals surface area contributed by atoms with Crippen LogP contribution in [0.15, 0.2) is 44.7 Å². The van der Waals surface area contributed by atoms with Gasteiger partial charge in [0.15, 0.2) is 0 Å². The molecule has 0 N–H and O–H groups in total. The summed E-state index contributed by atoms with van der Waals surface area (Å²) in [5, 5.41) is 3.08. The first kappa shape index (κ1) is 13.7. The molecule has 21 heavy (non-hydrogen) atoms. The number of halogens is 1. The van der Waals surface area contributed by atoms with Crippen LogP contribution < -0.4 is 0 Å². The summed E-state index contributed by atoms with van der Waals surface area (Å²) in [7, 11) is 0. The third-order valence-corrected chi connectivity index (χ3v) is 7.44. The van der Waals surface area contributed by atoms with Crippen LogP contribution in [0.5, 0.6) is 0 Å². The SMILES string of the molecule is CC12CCC3C(=CCc4cc(N=O)ccc43)C1CC=C2I. The first-order chi connectivity index (χ1) is 10.1. The van der Waals surface area contributed by atoms with Crippen LogP contribution >= 0.6 is 22.6 Å². The minimum Gasteiger partial charge on any atom is -0.145 e. The molecule has 108 valence electrons. The molecule has 1 aromatic rings. The van der Waals surface area contributed by atoms with Gasteiger partial charge in [0, 0.05) is 11.3 Å². The average Bonchev–Trinajstić information content (AvgIpc) is 2.82. The summed E-state index contributed by atoms with van der Waals surface area (Å²) in [6.07, 6.45) is 9.51. The Labute approximate surface area is 138 Å². The van der Waals surface area contributed by atoms with E-state index in [9.17, 15) is 4.91 Å². The minimum atomic E-state index is 0.366. The average molecular weight is 391 g/mol. The van der Waals surface area contributed by atoms with Gasteiger partial charge >= 0.3 is 0 Å². The number of hydrogen-bond donors (Lipinski definition) is 0. The maximum atomic E-state index is 10.7. The number of nitroso groups, excluding NO2 is 1. The zero-order valence-electron chi connectivity index (χ0n) is 12.1. The van der Waals surface area contributed by atoms with Crippen molar-refractivity contribution < 1.29 is 0 Å². The largest absolute Gasteiger partial charge is 0.145 e. The van der Waals surface area contributed by atoms with Gasteiger partial charge in [-0.15, -0.1) is 4.91 Å². The number of benzene rings is 1. The molecule has 1 aromatic carbocycles. The highest BCUT2D eigenvalue weighted by atomic mass is 127. The van der Waals surface area contributed by atoms with Gasteiger partial charge in [0.2, 0.25) is 0 Å².